The van der Waals surface area contributed by atoms with E-state index in [-0.39, 0.29) is 0 Å². The quantitative estimate of drug-likeness (QED) is 0.675. The Hall–Kier alpha value is -1.01. The number of nitrogens with one attached hydrogen (secondary N) is 1. The van der Waals surface area contributed by atoms with Crippen LogP contribution in [0.3, 0.4) is 0 Å². The molecule has 0 saturated heterocycles. The maximum atomic E-state index is 4.18. The third kappa shape index (κ3) is 4.35. The summed E-state index contributed by atoms with van der Waals surface area (Å²) < 4.78 is 0. The van der Waals surface area contributed by atoms with Crippen molar-refractivity contribution in [2.45, 2.75) is 19.4 Å². The smallest absolute Gasteiger partial charge is 0.176 e. The Labute approximate surface area is 90.6 Å². The lowest BCUT2D eigenvalue weighted by Crippen LogP contribution is -2.40. The second-order valence-corrected chi connectivity index (χ2v) is 3.92. The molecule has 0 bridgehead atoms. The van der Waals surface area contributed by atoms with E-state index in [2.05, 4.69) is 46.6 Å². The van der Waals surface area contributed by atoms with Gasteiger partial charge in [0, 0.05) is 19.0 Å². The van der Waals surface area contributed by atoms with Gasteiger partial charge in [-0.05, 0) is 25.9 Å². The molecule has 0 aromatic carbocycles. The molecule has 1 aromatic rings. The molecule has 1 aromatic heterocycles. The summed E-state index contributed by atoms with van der Waals surface area (Å²) in [4.78, 5) is 3.65. The maximum Gasteiger partial charge on any atom is 0.176 e. The number of nitrogens with zero attached hydrogens (tertiary/aromatic N) is 5. The van der Waals surface area contributed by atoms with Crippen LogP contribution in [0, 0.1) is 0 Å². The molecule has 86 valence electrons. The molecule has 1 heterocycles. The van der Waals surface area contributed by atoms with Crippen LogP contribution in [0.2, 0.25) is 0 Å². The molecule has 1 rings (SSSR count). The van der Waals surface area contributed by atoms with Gasteiger partial charge in [-0.2, -0.15) is 4.80 Å². The van der Waals surface area contributed by atoms with Crippen LogP contribution in [0.5, 0.6) is 0 Å². The average molecular weight is 212 g/mol. The van der Waals surface area contributed by atoms with E-state index in [4.69, 9.17) is 0 Å². The highest BCUT2D eigenvalue weighted by molar-refractivity contribution is 4.85. The van der Waals surface area contributed by atoms with E-state index in [0.717, 1.165) is 25.3 Å². The molecule has 1 N–H and O–H groups in total. The highest BCUT2D eigenvalue weighted by Crippen LogP contribution is 1.96. The minimum atomic E-state index is 0.384. The molecule has 15 heavy (non-hydrogen) atoms. The summed E-state index contributed by atoms with van der Waals surface area (Å²) in [5.74, 6) is 0.797. The maximum absolute atomic E-state index is 4.18. The average Bonchev–Trinajstić information content (AvgIpc) is 2.50. The lowest BCUT2D eigenvalue weighted by molar-refractivity contribution is 0.336. The number of tetrazole rings is 1. The van der Waals surface area contributed by atoms with Crippen LogP contribution in [-0.2, 0) is 13.5 Å². The summed E-state index contributed by atoms with van der Waals surface area (Å²) in [6.45, 7) is 4.04. The van der Waals surface area contributed by atoms with Gasteiger partial charge in [0.2, 0.25) is 0 Å². The first-order valence-corrected chi connectivity index (χ1v) is 5.22. The van der Waals surface area contributed by atoms with Crippen LogP contribution in [0.25, 0.3) is 0 Å². The van der Waals surface area contributed by atoms with Gasteiger partial charge in [0.1, 0.15) is 0 Å². The third-order valence-corrected chi connectivity index (χ3v) is 2.06. The van der Waals surface area contributed by atoms with Gasteiger partial charge < -0.3 is 10.2 Å². The Kier molecular flexibility index (Phi) is 4.64. The molecule has 0 fully saturated rings. The lowest BCUT2D eigenvalue weighted by Gasteiger charge is -2.20. The zero-order chi connectivity index (χ0) is 11.3. The van der Waals surface area contributed by atoms with Gasteiger partial charge in [-0.3, -0.25) is 0 Å². The molecule has 0 saturated carbocycles. The van der Waals surface area contributed by atoms with Gasteiger partial charge in [0.15, 0.2) is 5.82 Å². The van der Waals surface area contributed by atoms with Crippen molar-refractivity contribution in [3.8, 4) is 0 Å². The number of aromatic nitrogens is 4. The summed E-state index contributed by atoms with van der Waals surface area (Å²) in [6, 6.07) is 0.384. The first-order valence-electron chi connectivity index (χ1n) is 5.22. The van der Waals surface area contributed by atoms with Crippen molar-refractivity contribution in [2.24, 2.45) is 7.05 Å². The molecular formula is C9H20N6. The Bertz CT molecular complexity index is 282. The van der Waals surface area contributed by atoms with Gasteiger partial charge in [0.25, 0.3) is 0 Å². The fourth-order valence-electron chi connectivity index (χ4n) is 1.56. The van der Waals surface area contributed by atoms with Crippen molar-refractivity contribution in [3.05, 3.63) is 5.82 Å². The predicted molar refractivity (Wildman–Crippen MR) is 58.5 cm³/mol. The van der Waals surface area contributed by atoms with Crippen LogP contribution in [-0.4, -0.2) is 58.3 Å². The number of hydrogen-bond donors (Lipinski definition) is 1. The normalized spacial score (nSPS) is 13.4. The van der Waals surface area contributed by atoms with Gasteiger partial charge in [-0.15, -0.1) is 10.2 Å². The van der Waals surface area contributed by atoms with Crippen LogP contribution in [0.4, 0.5) is 0 Å². The highest BCUT2D eigenvalue weighted by atomic mass is 15.6. The van der Waals surface area contributed by atoms with Crippen LogP contribution in [0.1, 0.15) is 12.7 Å². The van der Waals surface area contributed by atoms with E-state index in [1.807, 2.05) is 0 Å². The summed E-state index contributed by atoms with van der Waals surface area (Å²) in [6.07, 6.45) is 0.819. The molecule has 0 amide bonds. The predicted octanol–water partition coefficient (Wildman–Crippen LogP) is -0.708. The second kappa shape index (κ2) is 5.77. The molecule has 1 atom stereocenters. The Morgan fingerprint density at radius 1 is 1.47 bits per heavy atom. The van der Waals surface area contributed by atoms with E-state index in [0.29, 0.717) is 6.04 Å². The first-order chi connectivity index (χ1) is 7.11. The first kappa shape index (κ1) is 12.1. The van der Waals surface area contributed by atoms with E-state index in [9.17, 15) is 0 Å². The Balaban J connectivity index is 2.50. The third-order valence-electron chi connectivity index (χ3n) is 2.06. The Morgan fingerprint density at radius 2 is 2.20 bits per heavy atom. The molecule has 1 unspecified atom stereocenters. The molecular weight excluding hydrogens is 192 g/mol. The summed E-state index contributed by atoms with van der Waals surface area (Å²) in [5.41, 5.74) is 0. The van der Waals surface area contributed by atoms with Crippen molar-refractivity contribution in [3.63, 3.8) is 0 Å². The molecule has 0 aliphatic heterocycles. The van der Waals surface area contributed by atoms with Crippen molar-refractivity contribution < 1.29 is 0 Å². The largest absolute Gasteiger partial charge is 0.313 e. The number of rotatable bonds is 6. The SMILES string of the molecule is CCNC(Cc1nnn(C)n1)CN(C)C. The summed E-state index contributed by atoms with van der Waals surface area (Å²) >= 11 is 0. The van der Waals surface area contributed by atoms with E-state index < -0.39 is 0 Å². The molecule has 6 nitrogen and oxygen atoms in total. The van der Waals surface area contributed by atoms with Crippen LogP contribution in [0.15, 0.2) is 0 Å². The second-order valence-electron chi connectivity index (χ2n) is 3.92. The van der Waals surface area contributed by atoms with Crippen molar-refractivity contribution >= 4 is 0 Å². The van der Waals surface area contributed by atoms with Crippen molar-refractivity contribution in [2.75, 3.05) is 27.2 Å². The van der Waals surface area contributed by atoms with Gasteiger partial charge in [-0.25, -0.2) is 0 Å². The van der Waals surface area contributed by atoms with Crippen molar-refractivity contribution in [1.29, 1.82) is 0 Å². The number of likely N-dealkylation sites (N-methyl/N-ethyl adjacent to an activating group) is 2. The zero-order valence-corrected chi connectivity index (χ0v) is 9.93. The standard InChI is InChI=1S/C9H20N6/c1-5-10-8(7-14(2)3)6-9-11-13-15(4)12-9/h8,10H,5-7H2,1-4H3. The fraction of sp³-hybridized carbons (Fsp3) is 0.889. The number of aryl methyl sites for hydroxylation is 1. The minimum absolute atomic E-state index is 0.384. The fourth-order valence-corrected chi connectivity index (χ4v) is 1.56. The van der Waals surface area contributed by atoms with E-state index in [1.165, 1.54) is 4.80 Å². The van der Waals surface area contributed by atoms with E-state index in [1.54, 1.807) is 7.05 Å². The van der Waals surface area contributed by atoms with Gasteiger partial charge in [-0.1, -0.05) is 6.92 Å². The molecule has 6 heteroatoms. The summed E-state index contributed by atoms with van der Waals surface area (Å²) in [5, 5.41) is 15.4. The lowest BCUT2D eigenvalue weighted by atomic mass is 10.2. The highest BCUT2D eigenvalue weighted by Gasteiger charge is 2.12. The number of hydrogen-bond acceptors (Lipinski definition) is 5. The van der Waals surface area contributed by atoms with Gasteiger partial charge in [0.05, 0.1) is 7.05 Å². The van der Waals surface area contributed by atoms with Crippen LogP contribution >= 0.6 is 0 Å². The minimum Gasteiger partial charge on any atom is -0.313 e. The molecule has 0 aliphatic rings. The molecule has 0 aliphatic carbocycles. The summed E-state index contributed by atoms with van der Waals surface area (Å²) in [7, 11) is 5.91. The monoisotopic (exact) mass is 212 g/mol. The Morgan fingerprint density at radius 3 is 2.67 bits per heavy atom. The van der Waals surface area contributed by atoms with Crippen LogP contribution < -0.4 is 5.32 Å². The van der Waals surface area contributed by atoms with Crippen molar-refractivity contribution in [1.82, 2.24) is 30.4 Å². The zero-order valence-electron chi connectivity index (χ0n) is 9.93. The molecule has 0 radical (unpaired) electrons. The molecule has 0 spiro atoms. The topological polar surface area (TPSA) is 58.9 Å². The van der Waals surface area contributed by atoms with Gasteiger partial charge >= 0.3 is 0 Å². The van der Waals surface area contributed by atoms with E-state index >= 15 is 0 Å².